The molecule has 0 radical (unpaired) electrons. The monoisotopic (exact) mass is 415 g/mol. The van der Waals surface area contributed by atoms with E-state index in [-0.39, 0.29) is 17.8 Å². The maximum absolute atomic E-state index is 13.1. The molecule has 4 rings (SSSR count). The van der Waals surface area contributed by atoms with Crippen molar-refractivity contribution in [2.24, 2.45) is 7.05 Å². The number of fused-ring (bicyclic) bond motifs is 3. The number of nitrogens with zero attached hydrogens (tertiary/aromatic N) is 5. The Balaban J connectivity index is 1.93. The molecular weight excluding hydrogens is 394 g/mol. The van der Waals surface area contributed by atoms with Crippen molar-refractivity contribution in [2.75, 3.05) is 18.6 Å². The van der Waals surface area contributed by atoms with Crippen molar-refractivity contribution in [1.29, 1.82) is 0 Å². The maximum Gasteiger partial charge on any atom is 0.332 e. The number of methoxy groups -OCH3 is 1. The second kappa shape index (κ2) is 7.44. The lowest BCUT2D eigenvalue weighted by Crippen LogP contribution is -2.39. The number of hydrogen-bond donors (Lipinski definition) is 0. The largest absolute Gasteiger partial charge is 0.495 e. The quantitative estimate of drug-likeness (QED) is 0.612. The van der Waals surface area contributed by atoms with Crippen LogP contribution in [-0.2, 0) is 20.1 Å². The number of anilines is 2. The fourth-order valence-electron chi connectivity index (χ4n) is 3.70. The standard InChI is InChI=1S/C20H22ClN5O3/c1-4-5-9-26-18(27)16-17(23(2)20(26)28)22-19-24(10-6-11-25(16)19)13-7-8-15(29-3)14(21)12-13/h4-5,7-8,12H,6,9-11H2,1-3H3/b5-4-. The molecule has 152 valence electrons. The average Bonchev–Trinajstić information content (AvgIpc) is 3.12. The fourth-order valence-corrected chi connectivity index (χ4v) is 3.96. The van der Waals surface area contributed by atoms with Gasteiger partial charge in [-0.25, -0.2) is 4.79 Å². The lowest BCUT2D eigenvalue weighted by molar-refractivity contribution is 0.415. The Labute approximate surface area is 172 Å². The van der Waals surface area contributed by atoms with Crippen LogP contribution in [0.3, 0.4) is 0 Å². The highest BCUT2D eigenvalue weighted by Gasteiger charge is 2.27. The Morgan fingerprint density at radius 3 is 2.76 bits per heavy atom. The van der Waals surface area contributed by atoms with Crippen molar-refractivity contribution in [3.8, 4) is 5.75 Å². The van der Waals surface area contributed by atoms with Crippen LogP contribution in [0.15, 0.2) is 39.9 Å². The van der Waals surface area contributed by atoms with E-state index >= 15 is 0 Å². The number of allylic oxidation sites excluding steroid dienone is 2. The number of aromatic nitrogens is 4. The van der Waals surface area contributed by atoms with Gasteiger partial charge in [0.05, 0.1) is 12.1 Å². The van der Waals surface area contributed by atoms with E-state index in [9.17, 15) is 9.59 Å². The number of halogens is 1. The Morgan fingerprint density at radius 2 is 2.07 bits per heavy atom. The third-order valence-corrected chi connectivity index (χ3v) is 5.48. The molecular formula is C20H22ClN5O3. The van der Waals surface area contributed by atoms with Gasteiger partial charge in [-0.2, -0.15) is 4.98 Å². The minimum absolute atomic E-state index is 0.232. The number of benzene rings is 1. The molecule has 2 aromatic heterocycles. The molecule has 0 bridgehead atoms. The van der Waals surface area contributed by atoms with Gasteiger partial charge in [0.1, 0.15) is 5.75 Å². The van der Waals surface area contributed by atoms with Crippen LogP contribution in [0.1, 0.15) is 13.3 Å². The molecule has 3 heterocycles. The predicted octanol–water partition coefficient (Wildman–Crippen LogP) is 2.68. The average molecular weight is 416 g/mol. The molecule has 0 spiro atoms. The third-order valence-electron chi connectivity index (χ3n) is 5.19. The van der Waals surface area contributed by atoms with E-state index < -0.39 is 0 Å². The molecule has 1 aliphatic rings. The number of imidazole rings is 1. The van der Waals surface area contributed by atoms with Crippen LogP contribution in [-0.4, -0.2) is 32.3 Å². The van der Waals surface area contributed by atoms with Crippen molar-refractivity contribution in [2.45, 2.75) is 26.4 Å². The Hall–Kier alpha value is -3.00. The molecule has 8 nitrogen and oxygen atoms in total. The highest BCUT2D eigenvalue weighted by Crippen LogP contribution is 2.35. The van der Waals surface area contributed by atoms with Gasteiger partial charge in [-0.05, 0) is 31.5 Å². The van der Waals surface area contributed by atoms with Crippen LogP contribution in [0.5, 0.6) is 5.75 Å². The van der Waals surface area contributed by atoms with Crippen LogP contribution < -0.4 is 20.9 Å². The van der Waals surface area contributed by atoms with Crippen LogP contribution in [0, 0.1) is 0 Å². The van der Waals surface area contributed by atoms with Crippen molar-refractivity contribution in [1.82, 2.24) is 18.7 Å². The molecule has 3 aromatic rings. The number of rotatable bonds is 4. The van der Waals surface area contributed by atoms with E-state index in [4.69, 9.17) is 16.3 Å². The Bertz CT molecular complexity index is 1240. The van der Waals surface area contributed by atoms with E-state index in [1.54, 1.807) is 26.3 Å². The summed E-state index contributed by atoms with van der Waals surface area (Å²) in [5.41, 5.74) is 0.977. The second-order valence-electron chi connectivity index (χ2n) is 6.89. The SMILES string of the molecule is C/C=C\Cn1c(=O)c2c(nc3n2CCCN3c2ccc(OC)c(Cl)c2)n(C)c1=O. The van der Waals surface area contributed by atoms with Gasteiger partial charge in [0, 0.05) is 32.4 Å². The zero-order chi connectivity index (χ0) is 20.7. The molecule has 0 fully saturated rings. The van der Waals surface area contributed by atoms with Crippen molar-refractivity contribution >= 4 is 34.4 Å². The van der Waals surface area contributed by atoms with Gasteiger partial charge in [0.15, 0.2) is 11.2 Å². The second-order valence-corrected chi connectivity index (χ2v) is 7.29. The zero-order valence-electron chi connectivity index (χ0n) is 16.6. The van der Waals surface area contributed by atoms with Crippen molar-refractivity contribution < 1.29 is 4.74 Å². The molecule has 1 aliphatic heterocycles. The first-order valence-electron chi connectivity index (χ1n) is 9.40. The summed E-state index contributed by atoms with van der Waals surface area (Å²) in [6.45, 7) is 3.47. The summed E-state index contributed by atoms with van der Waals surface area (Å²) in [5.74, 6) is 1.22. The maximum atomic E-state index is 13.1. The van der Waals surface area contributed by atoms with Crippen LogP contribution in [0.2, 0.25) is 5.02 Å². The summed E-state index contributed by atoms with van der Waals surface area (Å²) < 4.78 is 9.80. The molecule has 0 aliphatic carbocycles. The van der Waals surface area contributed by atoms with Gasteiger partial charge in [0.2, 0.25) is 5.95 Å². The van der Waals surface area contributed by atoms with Crippen molar-refractivity contribution in [3.63, 3.8) is 0 Å². The topological polar surface area (TPSA) is 74.3 Å². The normalized spacial score (nSPS) is 14.0. The van der Waals surface area contributed by atoms with E-state index in [1.165, 1.54) is 9.13 Å². The van der Waals surface area contributed by atoms with Crippen LogP contribution in [0.25, 0.3) is 11.2 Å². The predicted molar refractivity (Wildman–Crippen MR) is 114 cm³/mol. The third kappa shape index (κ3) is 3.04. The highest BCUT2D eigenvalue weighted by atomic mass is 35.5. The van der Waals surface area contributed by atoms with Crippen molar-refractivity contribution in [3.05, 3.63) is 56.2 Å². The molecule has 0 saturated heterocycles. The molecule has 0 amide bonds. The summed E-state index contributed by atoms with van der Waals surface area (Å²) >= 11 is 6.31. The molecule has 0 N–H and O–H groups in total. The van der Waals surface area contributed by atoms with E-state index in [2.05, 4.69) is 4.98 Å². The van der Waals surface area contributed by atoms with Gasteiger partial charge in [-0.1, -0.05) is 23.8 Å². The summed E-state index contributed by atoms with van der Waals surface area (Å²) in [6.07, 6.45) is 4.43. The fraction of sp³-hybridized carbons (Fsp3) is 0.350. The van der Waals surface area contributed by atoms with Crippen LogP contribution in [0.4, 0.5) is 11.6 Å². The van der Waals surface area contributed by atoms with E-state index in [1.807, 2.05) is 34.6 Å². The summed E-state index contributed by atoms with van der Waals surface area (Å²) in [7, 11) is 3.21. The summed E-state index contributed by atoms with van der Waals surface area (Å²) in [4.78, 5) is 32.5. The number of hydrogen-bond acceptors (Lipinski definition) is 5. The van der Waals surface area contributed by atoms with Crippen LogP contribution >= 0.6 is 11.6 Å². The molecule has 1 aromatic carbocycles. The lowest BCUT2D eigenvalue weighted by Gasteiger charge is -2.29. The first-order chi connectivity index (χ1) is 14.0. The van der Waals surface area contributed by atoms with E-state index in [0.29, 0.717) is 34.4 Å². The van der Waals surface area contributed by atoms with E-state index in [0.717, 1.165) is 18.7 Å². The molecule has 0 unspecified atom stereocenters. The highest BCUT2D eigenvalue weighted by molar-refractivity contribution is 6.32. The first-order valence-corrected chi connectivity index (χ1v) is 9.78. The molecule has 0 atom stereocenters. The Morgan fingerprint density at radius 1 is 1.28 bits per heavy atom. The Kier molecular flexibility index (Phi) is 4.96. The van der Waals surface area contributed by atoms with Gasteiger partial charge < -0.3 is 14.2 Å². The smallest absolute Gasteiger partial charge is 0.332 e. The minimum Gasteiger partial charge on any atom is -0.495 e. The van der Waals surface area contributed by atoms with Gasteiger partial charge in [-0.15, -0.1) is 0 Å². The zero-order valence-corrected chi connectivity index (χ0v) is 17.3. The summed E-state index contributed by atoms with van der Waals surface area (Å²) in [5, 5.41) is 0.499. The van der Waals surface area contributed by atoms with Gasteiger partial charge >= 0.3 is 5.69 Å². The molecule has 0 saturated carbocycles. The number of ether oxygens (including phenoxy) is 1. The summed E-state index contributed by atoms with van der Waals surface area (Å²) in [6, 6.07) is 5.53. The molecule has 29 heavy (non-hydrogen) atoms. The molecule has 9 heteroatoms. The number of aryl methyl sites for hydroxylation is 2. The first kappa shape index (κ1) is 19.3. The van der Waals surface area contributed by atoms with Gasteiger partial charge in [-0.3, -0.25) is 13.9 Å². The van der Waals surface area contributed by atoms with Gasteiger partial charge in [0.25, 0.3) is 5.56 Å². The lowest BCUT2D eigenvalue weighted by atomic mass is 10.2. The minimum atomic E-state index is -0.380.